The first-order valence-corrected chi connectivity index (χ1v) is 4.94. The molecule has 0 aromatic rings. The van der Waals surface area contributed by atoms with E-state index in [2.05, 4.69) is 13.2 Å². The summed E-state index contributed by atoms with van der Waals surface area (Å²) < 4.78 is 21.6. The van der Waals surface area contributed by atoms with Crippen LogP contribution in [0.1, 0.15) is 0 Å². The van der Waals surface area contributed by atoms with Gasteiger partial charge in [-0.15, -0.1) is 0 Å². The summed E-state index contributed by atoms with van der Waals surface area (Å²) in [6.45, 7) is 6.64. The van der Waals surface area contributed by atoms with E-state index in [0.717, 1.165) is 6.26 Å². The minimum absolute atomic E-state index is 0.0843. The Morgan fingerprint density at radius 1 is 1.58 bits per heavy atom. The normalized spacial score (nSPS) is 11.8. The van der Waals surface area contributed by atoms with Crippen LogP contribution in [0.25, 0.3) is 0 Å². The van der Waals surface area contributed by atoms with E-state index in [1.54, 1.807) is 6.07 Å². The summed E-state index contributed by atoms with van der Waals surface area (Å²) in [6.07, 6.45) is 3.49. The van der Waals surface area contributed by atoms with Gasteiger partial charge < -0.3 is 0 Å². The Balaban J connectivity index is 4.93. The van der Waals surface area contributed by atoms with Gasteiger partial charge in [0, 0.05) is 6.26 Å². The van der Waals surface area contributed by atoms with E-state index in [1.165, 1.54) is 12.2 Å². The SMILES string of the molecule is C=C/C(C#N)=C\C(=C)S(C)(=O)=O. The number of allylic oxidation sites excluding steroid dienone is 3. The van der Waals surface area contributed by atoms with Crippen LogP contribution in [0.4, 0.5) is 0 Å². The molecule has 0 N–H and O–H groups in total. The van der Waals surface area contributed by atoms with Gasteiger partial charge in [-0.05, 0) is 6.08 Å². The topological polar surface area (TPSA) is 57.9 Å². The Hall–Kier alpha value is -1.34. The van der Waals surface area contributed by atoms with E-state index < -0.39 is 9.84 Å². The highest BCUT2D eigenvalue weighted by atomic mass is 32.2. The summed E-state index contributed by atoms with van der Waals surface area (Å²) in [6, 6.07) is 1.77. The average Bonchev–Trinajstić information content (AvgIpc) is 1.97. The van der Waals surface area contributed by atoms with Crippen molar-refractivity contribution < 1.29 is 8.42 Å². The molecule has 0 saturated heterocycles. The second kappa shape index (κ2) is 3.88. The molecule has 0 atom stereocenters. The molecule has 0 aromatic heterocycles. The molecule has 0 heterocycles. The number of sulfone groups is 1. The molecule has 0 aliphatic rings. The Bertz CT molecular complexity index is 368. The van der Waals surface area contributed by atoms with Gasteiger partial charge in [0.05, 0.1) is 16.5 Å². The summed E-state index contributed by atoms with van der Waals surface area (Å²) in [5, 5.41) is 8.42. The molecule has 3 nitrogen and oxygen atoms in total. The fourth-order valence-electron chi connectivity index (χ4n) is 0.417. The van der Waals surface area contributed by atoms with E-state index in [9.17, 15) is 8.42 Å². The molecule has 4 heteroatoms. The average molecular weight is 183 g/mol. The van der Waals surface area contributed by atoms with Gasteiger partial charge in [0.25, 0.3) is 0 Å². The molecule has 0 amide bonds. The number of nitriles is 1. The van der Waals surface area contributed by atoms with Crippen LogP contribution in [0.5, 0.6) is 0 Å². The van der Waals surface area contributed by atoms with Crippen molar-refractivity contribution in [3.63, 3.8) is 0 Å². The summed E-state index contributed by atoms with van der Waals surface area (Å²) >= 11 is 0. The van der Waals surface area contributed by atoms with Crippen molar-refractivity contribution >= 4 is 9.84 Å². The van der Waals surface area contributed by atoms with E-state index >= 15 is 0 Å². The van der Waals surface area contributed by atoms with Crippen molar-refractivity contribution in [2.75, 3.05) is 6.26 Å². The van der Waals surface area contributed by atoms with Crippen LogP contribution >= 0.6 is 0 Å². The van der Waals surface area contributed by atoms with Gasteiger partial charge in [-0.3, -0.25) is 0 Å². The largest absolute Gasteiger partial charge is 0.224 e. The summed E-state index contributed by atoms with van der Waals surface area (Å²) in [5.41, 5.74) is 0.186. The molecular formula is C8H9NO2S. The minimum atomic E-state index is -3.29. The zero-order valence-corrected chi connectivity index (χ0v) is 7.56. The Morgan fingerprint density at radius 3 is 2.33 bits per heavy atom. The molecule has 0 unspecified atom stereocenters. The van der Waals surface area contributed by atoms with Crippen LogP contribution in [0.3, 0.4) is 0 Å². The summed E-state index contributed by atoms with van der Waals surface area (Å²) in [4.78, 5) is -0.0843. The lowest BCUT2D eigenvalue weighted by molar-refractivity contribution is 0.608. The first-order valence-electron chi connectivity index (χ1n) is 3.05. The van der Waals surface area contributed by atoms with Crippen LogP contribution in [-0.4, -0.2) is 14.7 Å². The molecule has 0 fully saturated rings. The lowest BCUT2D eigenvalue weighted by Gasteiger charge is -1.94. The smallest absolute Gasteiger partial charge is 0.174 e. The number of hydrogen-bond donors (Lipinski definition) is 0. The van der Waals surface area contributed by atoms with E-state index in [1.807, 2.05) is 0 Å². The molecule has 0 aromatic carbocycles. The molecule has 0 bridgehead atoms. The third-order valence-corrected chi connectivity index (χ3v) is 2.21. The van der Waals surface area contributed by atoms with Gasteiger partial charge in [0.15, 0.2) is 9.84 Å². The highest BCUT2D eigenvalue weighted by Crippen LogP contribution is 2.06. The Morgan fingerprint density at radius 2 is 2.08 bits per heavy atom. The van der Waals surface area contributed by atoms with Crippen molar-refractivity contribution in [3.8, 4) is 6.07 Å². The molecule has 0 aliphatic carbocycles. The first-order chi connectivity index (χ1) is 5.41. The van der Waals surface area contributed by atoms with Crippen molar-refractivity contribution in [1.29, 1.82) is 5.26 Å². The summed E-state index contributed by atoms with van der Waals surface area (Å²) in [5.74, 6) is 0. The molecular weight excluding hydrogens is 174 g/mol. The van der Waals surface area contributed by atoms with Crippen LogP contribution in [0, 0.1) is 11.3 Å². The second-order valence-electron chi connectivity index (χ2n) is 2.15. The van der Waals surface area contributed by atoms with Gasteiger partial charge >= 0.3 is 0 Å². The Labute approximate surface area is 72.2 Å². The monoisotopic (exact) mass is 183 g/mol. The Kier molecular flexibility index (Phi) is 3.45. The van der Waals surface area contributed by atoms with Crippen molar-refractivity contribution in [2.24, 2.45) is 0 Å². The van der Waals surface area contributed by atoms with Gasteiger partial charge in [0.1, 0.15) is 0 Å². The number of rotatable bonds is 3. The third-order valence-electron chi connectivity index (χ3n) is 1.14. The van der Waals surface area contributed by atoms with Crippen LogP contribution < -0.4 is 0 Å². The van der Waals surface area contributed by atoms with E-state index in [0.29, 0.717) is 0 Å². The van der Waals surface area contributed by atoms with E-state index in [-0.39, 0.29) is 10.5 Å². The quantitative estimate of drug-likeness (QED) is 0.487. The summed E-state index contributed by atoms with van der Waals surface area (Å²) in [7, 11) is -3.29. The zero-order chi connectivity index (χ0) is 9.78. The minimum Gasteiger partial charge on any atom is -0.224 e. The van der Waals surface area contributed by atoms with Crippen LogP contribution in [0.2, 0.25) is 0 Å². The van der Waals surface area contributed by atoms with Gasteiger partial charge in [-0.25, -0.2) is 8.42 Å². The first kappa shape index (κ1) is 10.7. The lowest BCUT2D eigenvalue weighted by atomic mass is 10.3. The van der Waals surface area contributed by atoms with Gasteiger partial charge in [-0.1, -0.05) is 19.2 Å². The maximum Gasteiger partial charge on any atom is 0.174 e. The molecule has 0 saturated carbocycles. The van der Waals surface area contributed by atoms with E-state index in [4.69, 9.17) is 5.26 Å². The van der Waals surface area contributed by atoms with Crippen LogP contribution in [0.15, 0.2) is 35.8 Å². The lowest BCUT2D eigenvalue weighted by Crippen LogP contribution is -1.96. The molecule has 0 aliphatic heterocycles. The fraction of sp³-hybridized carbons (Fsp3) is 0.125. The van der Waals surface area contributed by atoms with Crippen molar-refractivity contribution in [2.45, 2.75) is 0 Å². The maximum atomic E-state index is 10.8. The molecule has 0 spiro atoms. The zero-order valence-electron chi connectivity index (χ0n) is 6.74. The molecule has 0 radical (unpaired) electrons. The third kappa shape index (κ3) is 3.17. The molecule has 12 heavy (non-hydrogen) atoms. The van der Waals surface area contributed by atoms with Crippen molar-refractivity contribution in [3.05, 3.63) is 35.8 Å². The van der Waals surface area contributed by atoms with Gasteiger partial charge in [-0.2, -0.15) is 5.26 Å². The predicted octanol–water partition coefficient (Wildman–Crippen LogP) is 1.18. The highest BCUT2D eigenvalue weighted by molar-refractivity contribution is 7.94. The maximum absolute atomic E-state index is 10.8. The van der Waals surface area contributed by atoms with Crippen molar-refractivity contribution in [1.82, 2.24) is 0 Å². The van der Waals surface area contributed by atoms with Crippen LogP contribution in [-0.2, 0) is 9.84 Å². The highest BCUT2D eigenvalue weighted by Gasteiger charge is 2.05. The standard InChI is InChI=1S/C8H9NO2S/c1-4-8(6-9)5-7(2)12(3,10)11/h4-5H,1-2H2,3H3/b8-5+. The van der Waals surface area contributed by atoms with Gasteiger partial charge in [0.2, 0.25) is 0 Å². The number of nitrogens with zero attached hydrogens (tertiary/aromatic N) is 1. The molecule has 64 valence electrons. The number of hydrogen-bond acceptors (Lipinski definition) is 3. The molecule has 0 rings (SSSR count). The fourth-order valence-corrected chi connectivity index (χ4v) is 0.758. The predicted molar refractivity (Wildman–Crippen MR) is 47.9 cm³/mol. The second-order valence-corrected chi connectivity index (χ2v) is 4.22.